The average Bonchev–Trinajstić information content (AvgIpc) is 2.49. The van der Waals surface area contributed by atoms with Crippen molar-refractivity contribution in [2.45, 2.75) is 17.4 Å². The highest BCUT2D eigenvalue weighted by molar-refractivity contribution is 7.99. The number of fused-ring (bicyclic) bond motifs is 1. The Morgan fingerprint density at radius 1 is 1.25 bits per heavy atom. The van der Waals surface area contributed by atoms with Gasteiger partial charge in [0.15, 0.2) is 0 Å². The second-order valence-electron chi connectivity index (χ2n) is 4.68. The number of nitrogens with one attached hydrogen (secondary N) is 1. The lowest BCUT2D eigenvalue weighted by molar-refractivity contribution is 0.585. The van der Waals surface area contributed by atoms with Gasteiger partial charge in [-0.25, -0.2) is 4.39 Å². The summed E-state index contributed by atoms with van der Waals surface area (Å²) in [5, 5.41) is 12.3. The Labute approximate surface area is 121 Å². The van der Waals surface area contributed by atoms with E-state index in [4.69, 9.17) is 5.26 Å². The van der Waals surface area contributed by atoms with Crippen molar-refractivity contribution in [2.24, 2.45) is 0 Å². The Hall–Kier alpha value is -1.99. The van der Waals surface area contributed by atoms with Crippen LogP contribution in [0.1, 0.15) is 23.6 Å². The summed E-state index contributed by atoms with van der Waals surface area (Å²) in [6.07, 6.45) is 0.942. The number of anilines is 1. The molecule has 0 amide bonds. The molecular formula is C16H13FN2S. The number of halogens is 1. The van der Waals surface area contributed by atoms with Crippen LogP contribution in [0.4, 0.5) is 10.1 Å². The van der Waals surface area contributed by atoms with Crippen molar-refractivity contribution in [1.29, 1.82) is 5.26 Å². The van der Waals surface area contributed by atoms with Gasteiger partial charge in [-0.3, -0.25) is 0 Å². The Kier molecular flexibility index (Phi) is 3.62. The quantitative estimate of drug-likeness (QED) is 0.890. The summed E-state index contributed by atoms with van der Waals surface area (Å²) in [5.41, 5.74) is 2.53. The summed E-state index contributed by atoms with van der Waals surface area (Å²) < 4.78 is 13.8. The van der Waals surface area contributed by atoms with Gasteiger partial charge >= 0.3 is 0 Å². The molecule has 0 aliphatic carbocycles. The zero-order valence-electron chi connectivity index (χ0n) is 10.8. The molecule has 0 fully saturated rings. The van der Waals surface area contributed by atoms with Gasteiger partial charge in [-0.1, -0.05) is 18.2 Å². The topological polar surface area (TPSA) is 35.8 Å². The molecule has 1 unspecified atom stereocenters. The first-order valence-electron chi connectivity index (χ1n) is 6.46. The van der Waals surface area contributed by atoms with Crippen molar-refractivity contribution in [1.82, 2.24) is 0 Å². The van der Waals surface area contributed by atoms with Crippen molar-refractivity contribution in [3.63, 3.8) is 0 Å². The first kappa shape index (κ1) is 13.0. The Bertz CT molecular complexity index is 678. The molecule has 2 aromatic carbocycles. The molecule has 1 heterocycles. The van der Waals surface area contributed by atoms with Crippen LogP contribution >= 0.6 is 11.8 Å². The largest absolute Gasteiger partial charge is 0.378 e. The molecule has 0 aromatic heterocycles. The van der Waals surface area contributed by atoms with Crippen LogP contribution in [0.25, 0.3) is 0 Å². The minimum atomic E-state index is -0.148. The SMILES string of the molecule is N#Cc1cccc(NC2CCSc3c(F)cccc32)c1. The summed E-state index contributed by atoms with van der Waals surface area (Å²) in [5.74, 6) is 0.744. The fourth-order valence-electron chi connectivity index (χ4n) is 2.42. The molecule has 20 heavy (non-hydrogen) atoms. The van der Waals surface area contributed by atoms with Crippen LogP contribution in [0, 0.1) is 17.1 Å². The number of nitriles is 1. The molecule has 1 atom stereocenters. The molecule has 0 spiro atoms. The Balaban J connectivity index is 1.90. The average molecular weight is 284 g/mol. The minimum absolute atomic E-state index is 0.0934. The third-order valence-corrected chi connectivity index (χ3v) is 4.52. The summed E-state index contributed by atoms with van der Waals surface area (Å²) in [6.45, 7) is 0. The lowest BCUT2D eigenvalue weighted by atomic mass is 10.0. The zero-order chi connectivity index (χ0) is 13.9. The molecule has 3 rings (SSSR count). The molecule has 1 aliphatic heterocycles. The van der Waals surface area contributed by atoms with Crippen LogP contribution < -0.4 is 5.32 Å². The van der Waals surface area contributed by atoms with Gasteiger partial charge in [0.25, 0.3) is 0 Å². The fraction of sp³-hybridized carbons (Fsp3) is 0.188. The van der Waals surface area contributed by atoms with Crippen molar-refractivity contribution in [3.05, 3.63) is 59.4 Å². The van der Waals surface area contributed by atoms with Crippen molar-refractivity contribution < 1.29 is 4.39 Å². The van der Waals surface area contributed by atoms with Crippen molar-refractivity contribution >= 4 is 17.4 Å². The molecular weight excluding hydrogens is 271 g/mol. The number of hydrogen-bond donors (Lipinski definition) is 1. The van der Waals surface area contributed by atoms with Crippen LogP contribution in [0.5, 0.6) is 0 Å². The monoisotopic (exact) mass is 284 g/mol. The molecule has 1 aliphatic rings. The van der Waals surface area contributed by atoms with Gasteiger partial charge in [0.05, 0.1) is 17.7 Å². The van der Waals surface area contributed by atoms with Gasteiger partial charge < -0.3 is 5.32 Å². The highest BCUT2D eigenvalue weighted by atomic mass is 32.2. The van der Waals surface area contributed by atoms with Gasteiger partial charge in [0.2, 0.25) is 0 Å². The highest BCUT2D eigenvalue weighted by Crippen LogP contribution is 2.39. The van der Waals surface area contributed by atoms with E-state index in [0.717, 1.165) is 28.3 Å². The summed E-state index contributed by atoms with van der Waals surface area (Å²) >= 11 is 1.57. The number of nitrogens with zero attached hydrogens (tertiary/aromatic N) is 1. The maximum Gasteiger partial charge on any atom is 0.137 e. The predicted octanol–water partition coefficient (Wildman–Crippen LogP) is 4.35. The summed E-state index contributed by atoms with van der Waals surface area (Å²) in [7, 11) is 0. The highest BCUT2D eigenvalue weighted by Gasteiger charge is 2.22. The Morgan fingerprint density at radius 3 is 2.95 bits per heavy atom. The molecule has 100 valence electrons. The lowest BCUT2D eigenvalue weighted by Crippen LogP contribution is -2.16. The molecule has 1 N–H and O–H groups in total. The molecule has 0 saturated heterocycles. The van der Waals surface area contributed by atoms with Crippen molar-refractivity contribution in [2.75, 3.05) is 11.1 Å². The number of hydrogen-bond acceptors (Lipinski definition) is 3. The van der Waals surface area contributed by atoms with Crippen LogP contribution in [-0.2, 0) is 0 Å². The van der Waals surface area contributed by atoms with Crippen LogP contribution in [0.2, 0.25) is 0 Å². The van der Waals surface area contributed by atoms with Crippen molar-refractivity contribution in [3.8, 4) is 6.07 Å². The maximum atomic E-state index is 13.8. The van der Waals surface area contributed by atoms with Gasteiger partial charge in [0, 0.05) is 16.3 Å². The first-order valence-corrected chi connectivity index (χ1v) is 7.44. The van der Waals surface area contributed by atoms with E-state index in [2.05, 4.69) is 11.4 Å². The standard InChI is InChI=1S/C16H13FN2S/c17-14-6-2-5-13-15(7-8-20-16(13)14)19-12-4-1-3-11(9-12)10-18/h1-6,9,15,19H,7-8H2. The van der Waals surface area contributed by atoms with E-state index in [1.165, 1.54) is 6.07 Å². The molecule has 2 nitrogen and oxygen atoms in total. The third-order valence-electron chi connectivity index (χ3n) is 3.36. The second kappa shape index (κ2) is 5.56. The smallest absolute Gasteiger partial charge is 0.137 e. The second-order valence-corrected chi connectivity index (χ2v) is 5.79. The number of rotatable bonds is 2. The number of thioether (sulfide) groups is 1. The van der Waals surface area contributed by atoms with Gasteiger partial charge in [-0.05, 0) is 36.2 Å². The lowest BCUT2D eigenvalue weighted by Gasteiger charge is -2.27. The van der Waals surface area contributed by atoms with Crippen LogP contribution in [0.15, 0.2) is 47.4 Å². The molecule has 0 saturated carbocycles. The zero-order valence-corrected chi connectivity index (χ0v) is 11.6. The van der Waals surface area contributed by atoms with E-state index in [0.29, 0.717) is 5.56 Å². The van der Waals surface area contributed by atoms with Crippen LogP contribution in [-0.4, -0.2) is 5.75 Å². The molecule has 2 aromatic rings. The Morgan fingerprint density at radius 2 is 2.10 bits per heavy atom. The van der Waals surface area contributed by atoms with E-state index in [-0.39, 0.29) is 11.9 Å². The van der Waals surface area contributed by atoms with Gasteiger partial charge in [0.1, 0.15) is 5.82 Å². The normalized spacial score (nSPS) is 17.1. The van der Waals surface area contributed by atoms with E-state index in [1.54, 1.807) is 23.9 Å². The fourth-order valence-corrected chi connectivity index (χ4v) is 3.56. The van der Waals surface area contributed by atoms with Gasteiger partial charge in [-0.2, -0.15) is 5.26 Å². The van der Waals surface area contributed by atoms with Crippen LogP contribution in [0.3, 0.4) is 0 Å². The van der Waals surface area contributed by atoms with E-state index >= 15 is 0 Å². The number of benzene rings is 2. The molecule has 0 radical (unpaired) electrons. The summed E-state index contributed by atoms with van der Waals surface area (Å²) in [6, 6.07) is 14.8. The third kappa shape index (κ3) is 2.50. The van der Waals surface area contributed by atoms with Gasteiger partial charge in [-0.15, -0.1) is 11.8 Å². The minimum Gasteiger partial charge on any atom is -0.378 e. The first-order chi connectivity index (χ1) is 9.78. The molecule has 4 heteroatoms. The maximum absolute atomic E-state index is 13.8. The predicted molar refractivity (Wildman–Crippen MR) is 79.3 cm³/mol. The molecule has 0 bridgehead atoms. The van der Waals surface area contributed by atoms with E-state index in [9.17, 15) is 4.39 Å². The van der Waals surface area contributed by atoms with E-state index < -0.39 is 0 Å². The van der Waals surface area contributed by atoms with E-state index in [1.807, 2.05) is 24.3 Å². The summed E-state index contributed by atoms with van der Waals surface area (Å²) in [4.78, 5) is 0.743.